The van der Waals surface area contributed by atoms with Crippen molar-refractivity contribution in [3.63, 3.8) is 0 Å². The number of para-hydroxylation sites is 2. The molecule has 5 heteroatoms. The standard InChI is InChI=1S/C27H26N4O/c32-27(28-21-9-10-23-20(16-21)15-19-5-1-2-6-22(19)23)18-11-13-31(14-12-18)17-26-29-24-7-3-4-8-25(24)30-26/h1-10,16,18H,11-15,17H2,(H,28,32)(H,29,30). The van der Waals surface area contributed by atoms with Crippen LogP contribution in [0.3, 0.4) is 0 Å². The summed E-state index contributed by atoms with van der Waals surface area (Å²) in [6, 6.07) is 23.0. The number of imidazole rings is 1. The molecule has 1 amide bonds. The fourth-order valence-corrected chi connectivity index (χ4v) is 5.11. The van der Waals surface area contributed by atoms with Gasteiger partial charge in [0.15, 0.2) is 0 Å². The summed E-state index contributed by atoms with van der Waals surface area (Å²) >= 11 is 0. The van der Waals surface area contributed by atoms with Crippen LogP contribution in [-0.2, 0) is 17.8 Å². The molecule has 0 saturated carbocycles. The van der Waals surface area contributed by atoms with Crippen LogP contribution in [0.4, 0.5) is 5.69 Å². The molecule has 1 aliphatic heterocycles. The first-order valence-corrected chi connectivity index (χ1v) is 11.4. The molecular weight excluding hydrogens is 396 g/mol. The fourth-order valence-electron chi connectivity index (χ4n) is 5.11. The predicted octanol–water partition coefficient (Wildman–Crippen LogP) is 4.98. The molecule has 2 heterocycles. The van der Waals surface area contributed by atoms with Gasteiger partial charge in [0, 0.05) is 11.6 Å². The summed E-state index contributed by atoms with van der Waals surface area (Å²) in [6.07, 6.45) is 2.69. The van der Waals surface area contributed by atoms with E-state index in [9.17, 15) is 4.79 Å². The van der Waals surface area contributed by atoms with Gasteiger partial charge in [-0.2, -0.15) is 0 Å². The smallest absolute Gasteiger partial charge is 0.227 e. The van der Waals surface area contributed by atoms with Crippen molar-refractivity contribution in [2.45, 2.75) is 25.8 Å². The largest absolute Gasteiger partial charge is 0.341 e. The fraction of sp³-hybridized carbons (Fsp3) is 0.259. The molecule has 1 aliphatic carbocycles. The first-order chi connectivity index (χ1) is 15.7. The van der Waals surface area contributed by atoms with Gasteiger partial charge in [0.1, 0.15) is 5.82 Å². The van der Waals surface area contributed by atoms with E-state index >= 15 is 0 Å². The van der Waals surface area contributed by atoms with Crippen LogP contribution in [-0.4, -0.2) is 33.9 Å². The molecule has 1 aromatic heterocycles. The van der Waals surface area contributed by atoms with Crippen molar-refractivity contribution in [1.29, 1.82) is 0 Å². The number of benzene rings is 3. The van der Waals surface area contributed by atoms with E-state index in [1.54, 1.807) is 0 Å². The lowest BCUT2D eigenvalue weighted by Gasteiger charge is -2.30. The van der Waals surface area contributed by atoms with Gasteiger partial charge in [0.25, 0.3) is 0 Å². The highest BCUT2D eigenvalue weighted by atomic mass is 16.1. The minimum Gasteiger partial charge on any atom is -0.341 e. The number of carbonyl (C=O) groups is 1. The summed E-state index contributed by atoms with van der Waals surface area (Å²) in [5, 5.41) is 3.17. The average molecular weight is 423 g/mol. The van der Waals surface area contributed by atoms with Gasteiger partial charge in [-0.25, -0.2) is 4.98 Å². The lowest BCUT2D eigenvalue weighted by atomic mass is 9.95. The Hall–Kier alpha value is -3.44. The van der Waals surface area contributed by atoms with E-state index in [2.05, 4.69) is 62.6 Å². The van der Waals surface area contributed by atoms with E-state index in [1.165, 1.54) is 22.3 Å². The molecule has 0 unspecified atom stereocenters. The molecule has 2 aliphatic rings. The van der Waals surface area contributed by atoms with Crippen LogP contribution in [0.5, 0.6) is 0 Å². The Kier molecular flexibility index (Phi) is 4.76. The van der Waals surface area contributed by atoms with Crippen molar-refractivity contribution in [2.75, 3.05) is 18.4 Å². The Morgan fingerprint density at radius 3 is 2.62 bits per heavy atom. The van der Waals surface area contributed by atoms with Crippen LogP contribution in [0.2, 0.25) is 0 Å². The number of aromatic nitrogens is 2. The third-order valence-electron chi connectivity index (χ3n) is 6.83. The van der Waals surface area contributed by atoms with Crippen molar-refractivity contribution in [2.24, 2.45) is 5.92 Å². The molecule has 1 fully saturated rings. The van der Waals surface area contributed by atoms with Gasteiger partial charge in [0.05, 0.1) is 17.6 Å². The number of hydrogen-bond donors (Lipinski definition) is 2. The molecule has 0 radical (unpaired) electrons. The lowest BCUT2D eigenvalue weighted by Crippen LogP contribution is -2.38. The summed E-state index contributed by atoms with van der Waals surface area (Å²) in [6.45, 7) is 2.62. The van der Waals surface area contributed by atoms with Crippen molar-refractivity contribution in [3.05, 3.63) is 83.7 Å². The Morgan fingerprint density at radius 1 is 0.969 bits per heavy atom. The predicted molar refractivity (Wildman–Crippen MR) is 127 cm³/mol. The Balaban J connectivity index is 1.06. The SMILES string of the molecule is O=C(Nc1ccc2c(c1)Cc1ccccc1-2)C1CCN(Cc2nc3ccccc3[nH]2)CC1. The quantitative estimate of drug-likeness (QED) is 0.429. The van der Waals surface area contributed by atoms with E-state index in [0.29, 0.717) is 0 Å². The number of H-pyrrole nitrogens is 1. The topological polar surface area (TPSA) is 61.0 Å². The van der Waals surface area contributed by atoms with Crippen LogP contribution >= 0.6 is 0 Å². The van der Waals surface area contributed by atoms with E-state index in [-0.39, 0.29) is 11.8 Å². The van der Waals surface area contributed by atoms with Crippen LogP contribution < -0.4 is 5.32 Å². The number of nitrogens with zero attached hydrogens (tertiary/aromatic N) is 2. The molecular formula is C27H26N4O. The Bertz CT molecular complexity index is 1270. The summed E-state index contributed by atoms with van der Waals surface area (Å²) < 4.78 is 0. The molecule has 160 valence electrons. The molecule has 1 saturated heterocycles. The normalized spacial score (nSPS) is 16.1. The number of likely N-dealkylation sites (tertiary alicyclic amines) is 1. The van der Waals surface area contributed by atoms with Crippen LogP contribution in [0, 0.1) is 5.92 Å². The highest BCUT2D eigenvalue weighted by molar-refractivity contribution is 5.93. The highest BCUT2D eigenvalue weighted by Gasteiger charge is 2.26. The van der Waals surface area contributed by atoms with Gasteiger partial charge in [-0.1, -0.05) is 42.5 Å². The zero-order valence-electron chi connectivity index (χ0n) is 18.0. The minimum atomic E-state index is 0.0624. The van der Waals surface area contributed by atoms with E-state index in [1.807, 2.05) is 24.3 Å². The summed E-state index contributed by atoms with van der Waals surface area (Å²) in [5.74, 6) is 1.20. The van der Waals surface area contributed by atoms with Crippen LogP contribution in [0.25, 0.3) is 22.2 Å². The molecule has 0 atom stereocenters. The van der Waals surface area contributed by atoms with Crippen molar-refractivity contribution in [3.8, 4) is 11.1 Å². The van der Waals surface area contributed by atoms with Gasteiger partial charge < -0.3 is 10.3 Å². The van der Waals surface area contributed by atoms with Gasteiger partial charge in [-0.3, -0.25) is 9.69 Å². The summed E-state index contributed by atoms with van der Waals surface area (Å²) in [5.41, 5.74) is 8.26. The van der Waals surface area contributed by atoms with Crippen molar-refractivity contribution >= 4 is 22.6 Å². The summed E-state index contributed by atoms with van der Waals surface area (Å²) in [7, 11) is 0. The number of hydrogen-bond acceptors (Lipinski definition) is 3. The van der Waals surface area contributed by atoms with Crippen molar-refractivity contribution in [1.82, 2.24) is 14.9 Å². The van der Waals surface area contributed by atoms with Gasteiger partial charge in [-0.05, 0) is 78.9 Å². The first-order valence-electron chi connectivity index (χ1n) is 11.4. The molecule has 32 heavy (non-hydrogen) atoms. The number of rotatable bonds is 4. The molecule has 6 rings (SSSR count). The third-order valence-corrected chi connectivity index (χ3v) is 6.83. The van der Waals surface area contributed by atoms with Gasteiger partial charge >= 0.3 is 0 Å². The minimum absolute atomic E-state index is 0.0624. The average Bonchev–Trinajstić information content (AvgIpc) is 3.39. The maximum Gasteiger partial charge on any atom is 0.227 e. The molecule has 0 spiro atoms. The maximum absolute atomic E-state index is 12.9. The van der Waals surface area contributed by atoms with E-state index in [0.717, 1.165) is 61.4 Å². The lowest BCUT2D eigenvalue weighted by molar-refractivity contribution is -0.121. The number of nitrogens with one attached hydrogen (secondary N) is 2. The van der Waals surface area contributed by atoms with Crippen molar-refractivity contribution < 1.29 is 4.79 Å². The van der Waals surface area contributed by atoms with Crippen LogP contribution in [0.15, 0.2) is 66.7 Å². The van der Waals surface area contributed by atoms with E-state index in [4.69, 9.17) is 0 Å². The monoisotopic (exact) mass is 422 g/mol. The highest BCUT2D eigenvalue weighted by Crippen LogP contribution is 2.37. The first kappa shape index (κ1) is 19.3. The van der Waals surface area contributed by atoms with Gasteiger partial charge in [-0.15, -0.1) is 0 Å². The summed E-state index contributed by atoms with van der Waals surface area (Å²) in [4.78, 5) is 23.4. The zero-order valence-corrected chi connectivity index (χ0v) is 18.0. The molecule has 4 aromatic rings. The third kappa shape index (κ3) is 3.59. The number of anilines is 1. The number of carbonyl (C=O) groups excluding carboxylic acids is 1. The number of fused-ring (bicyclic) bond motifs is 4. The molecule has 5 nitrogen and oxygen atoms in total. The number of aromatic amines is 1. The van der Waals surface area contributed by atoms with Gasteiger partial charge in [0.2, 0.25) is 5.91 Å². The molecule has 3 aromatic carbocycles. The Morgan fingerprint density at radius 2 is 1.75 bits per heavy atom. The second kappa shape index (κ2) is 7.92. The second-order valence-electron chi connectivity index (χ2n) is 8.95. The molecule has 2 N–H and O–H groups in total. The number of piperidine rings is 1. The zero-order chi connectivity index (χ0) is 21.5. The maximum atomic E-state index is 12.9. The molecule has 0 bridgehead atoms. The second-order valence-corrected chi connectivity index (χ2v) is 8.95. The van der Waals surface area contributed by atoms with Crippen LogP contribution in [0.1, 0.15) is 29.8 Å². The number of amides is 1. The Labute approximate surface area is 187 Å². The van der Waals surface area contributed by atoms with E-state index < -0.39 is 0 Å².